The average molecular weight is 412 g/mol. The Morgan fingerprint density at radius 2 is 2.00 bits per heavy atom. The van der Waals surface area contributed by atoms with Crippen LogP contribution >= 0.6 is 0 Å². The van der Waals surface area contributed by atoms with Crippen molar-refractivity contribution in [3.63, 3.8) is 0 Å². The summed E-state index contributed by atoms with van der Waals surface area (Å²) < 4.78 is 1.75. The number of aromatic nitrogens is 7. The van der Waals surface area contributed by atoms with Gasteiger partial charge in [-0.15, -0.1) is 0 Å². The maximum Gasteiger partial charge on any atom is 0.220 e. The Balaban J connectivity index is 1.64. The van der Waals surface area contributed by atoms with Crippen LogP contribution < -0.4 is 5.73 Å². The van der Waals surface area contributed by atoms with Crippen LogP contribution in [0.4, 0.5) is 5.95 Å². The predicted octanol–water partition coefficient (Wildman–Crippen LogP) is 2.65. The minimum absolute atomic E-state index is 0.0717. The van der Waals surface area contributed by atoms with E-state index in [0.717, 1.165) is 27.7 Å². The number of nitrogens with two attached hydrogens (primary N) is 1. The number of rotatable bonds is 4. The van der Waals surface area contributed by atoms with Gasteiger partial charge in [-0.3, -0.25) is 9.67 Å². The third-order valence-corrected chi connectivity index (χ3v) is 5.31. The van der Waals surface area contributed by atoms with E-state index in [9.17, 15) is 5.11 Å². The standard InChI is InChI=1S/C22H20N8O/c1-22(31,15-4-3-5-24-10-15)19-7-18(28-21(23)29-19)17-11-26-20-16(17)6-13(8-25-20)14-9-27-30(2)12-14/h3-12,31H,1-2H3,(H,25,26)(H2,23,28,29)/t22-/m1/s1. The zero-order chi connectivity index (χ0) is 21.6. The Bertz CT molecular complexity index is 1390. The Labute approximate surface area is 177 Å². The first-order chi connectivity index (χ1) is 14.9. The molecule has 0 aliphatic heterocycles. The van der Waals surface area contributed by atoms with Crippen molar-refractivity contribution in [2.24, 2.45) is 7.05 Å². The van der Waals surface area contributed by atoms with Crippen molar-refractivity contribution in [1.29, 1.82) is 0 Å². The second kappa shape index (κ2) is 6.99. The molecule has 9 nitrogen and oxygen atoms in total. The molecule has 5 heterocycles. The van der Waals surface area contributed by atoms with Gasteiger partial charge in [-0.1, -0.05) is 6.07 Å². The molecule has 0 aromatic carbocycles. The van der Waals surface area contributed by atoms with E-state index in [2.05, 4.69) is 30.0 Å². The lowest BCUT2D eigenvalue weighted by molar-refractivity contribution is 0.0971. The fourth-order valence-electron chi connectivity index (χ4n) is 3.60. The number of hydrogen-bond donors (Lipinski definition) is 3. The summed E-state index contributed by atoms with van der Waals surface area (Å²) in [6, 6.07) is 7.33. The third kappa shape index (κ3) is 3.30. The van der Waals surface area contributed by atoms with Crippen molar-refractivity contribution < 1.29 is 5.11 Å². The minimum atomic E-state index is -1.38. The summed E-state index contributed by atoms with van der Waals surface area (Å²) >= 11 is 0. The van der Waals surface area contributed by atoms with E-state index in [4.69, 9.17) is 5.73 Å². The van der Waals surface area contributed by atoms with Crippen LogP contribution in [0, 0.1) is 0 Å². The van der Waals surface area contributed by atoms with Crippen LogP contribution in [0.25, 0.3) is 33.4 Å². The number of nitrogens with one attached hydrogen (secondary N) is 1. The number of hydrogen-bond acceptors (Lipinski definition) is 7. The van der Waals surface area contributed by atoms with Crippen molar-refractivity contribution in [2.75, 3.05) is 5.73 Å². The lowest BCUT2D eigenvalue weighted by atomic mass is 9.92. The van der Waals surface area contributed by atoms with Gasteiger partial charge in [0.25, 0.3) is 0 Å². The first-order valence-electron chi connectivity index (χ1n) is 9.66. The van der Waals surface area contributed by atoms with Gasteiger partial charge < -0.3 is 15.8 Å². The number of H-pyrrole nitrogens is 1. The van der Waals surface area contributed by atoms with Gasteiger partial charge in [0.2, 0.25) is 5.95 Å². The van der Waals surface area contributed by atoms with Crippen LogP contribution in [0.2, 0.25) is 0 Å². The molecule has 31 heavy (non-hydrogen) atoms. The van der Waals surface area contributed by atoms with Gasteiger partial charge in [0.1, 0.15) is 11.2 Å². The summed E-state index contributed by atoms with van der Waals surface area (Å²) in [7, 11) is 1.87. The molecule has 5 aromatic rings. The fraction of sp³-hybridized carbons (Fsp3) is 0.136. The molecule has 0 fully saturated rings. The van der Waals surface area contributed by atoms with Crippen LogP contribution in [0.3, 0.4) is 0 Å². The fourth-order valence-corrected chi connectivity index (χ4v) is 3.60. The van der Waals surface area contributed by atoms with Crippen LogP contribution in [0.5, 0.6) is 0 Å². The highest BCUT2D eigenvalue weighted by atomic mass is 16.3. The van der Waals surface area contributed by atoms with Crippen molar-refractivity contribution in [3.8, 4) is 22.4 Å². The summed E-state index contributed by atoms with van der Waals surface area (Å²) in [5.41, 5.74) is 9.65. The van der Waals surface area contributed by atoms with E-state index < -0.39 is 5.60 Å². The second-order valence-corrected chi connectivity index (χ2v) is 7.54. The highest BCUT2D eigenvalue weighted by molar-refractivity contribution is 5.95. The lowest BCUT2D eigenvalue weighted by Crippen LogP contribution is -2.25. The molecule has 0 unspecified atom stereocenters. The molecule has 0 saturated heterocycles. The van der Waals surface area contributed by atoms with Gasteiger partial charge in [-0.2, -0.15) is 5.10 Å². The number of nitrogens with zero attached hydrogens (tertiary/aromatic N) is 6. The van der Waals surface area contributed by atoms with Crippen LogP contribution in [0.15, 0.2) is 61.4 Å². The Morgan fingerprint density at radius 3 is 2.74 bits per heavy atom. The quantitative estimate of drug-likeness (QED) is 0.413. The van der Waals surface area contributed by atoms with Gasteiger partial charge in [0.15, 0.2) is 0 Å². The van der Waals surface area contributed by atoms with E-state index in [-0.39, 0.29) is 5.95 Å². The molecule has 154 valence electrons. The number of anilines is 1. The summed E-state index contributed by atoms with van der Waals surface area (Å²) in [6.07, 6.45) is 10.6. The van der Waals surface area contributed by atoms with Crippen LogP contribution in [0.1, 0.15) is 18.2 Å². The monoisotopic (exact) mass is 412 g/mol. The molecule has 0 aliphatic rings. The molecule has 1 atom stereocenters. The normalized spacial score (nSPS) is 13.4. The first kappa shape index (κ1) is 18.9. The second-order valence-electron chi connectivity index (χ2n) is 7.54. The molecule has 0 amide bonds. The Morgan fingerprint density at radius 1 is 1.13 bits per heavy atom. The molecular weight excluding hydrogens is 392 g/mol. The lowest BCUT2D eigenvalue weighted by Gasteiger charge is -2.23. The molecular formula is C22H20N8O. The molecule has 0 radical (unpaired) electrons. The maximum atomic E-state index is 11.2. The highest BCUT2D eigenvalue weighted by Crippen LogP contribution is 2.33. The molecule has 0 spiro atoms. The maximum absolute atomic E-state index is 11.2. The third-order valence-electron chi connectivity index (χ3n) is 5.31. The molecule has 5 rings (SSSR count). The largest absolute Gasteiger partial charge is 0.379 e. The van der Waals surface area contributed by atoms with Gasteiger partial charge in [-0.05, 0) is 25.1 Å². The van der Waals surface area contributed by atoms with E-state index in [1.807, 2.05) is 25.5 Å². The van der Waals surface area contributed by atoms with E-state index >= 15 is 0 Å². The average Bonchev–Trinajstić information content (AvgIpc) is 3.39. The van der Waals surface area contributed by atoms with Crippen LogP contribution in [-0.4, -0.2) is 39.8 Å². The van der Waals surface area contributed by atoms with Gasteiger partial charge in [0, 0.05) is 65.7 Å². The van der Waals surface area contributed by atoms with Gasteiger partial charge in [-0.25, -0.2) is 15.0 Å². The molecule has 9 heteroatoms. The molecule has 4 N–H and O–H groups in total. The number of nitrogen functional groups attached to an aromatic ring is 1. The zero-order valence-corrected chi connectivity index (χ0v) is 17.0. The molecule has 0 aliphatic carbocycles. The number of pyridine rings is 2. The van der Waals surface area contributed by atoms with E-state index in [0.29, 0.717) is 17.0 Å². The number of aryl methyl sites for hydroxylation is 1. The highest BCUT2D eigenvalue weighted by Gasteiger charge is 2.29. The number of aliphatic hydroxyl groups is 1. The molecule has 5 aromatic heterocycles. The summed E-state index contributed by atoms with van der Waals surface area (Å²) in [6.45, 7) is 1.66. The zero-order valence-electron chi connectivity index (χ0n) is 17.0. The van der Waals surface area contributed by atoms with Crippen molar-refractivity contribution in [2.45, 2.75) is 12.5 Å². The number of fused-ring (bicyclic) bond motifs is 1. The van der Waals surface area contributed by atoms with Gasteiger partial charge >= 0.3 is 0 Å². The first-order valence-corrected chi connectivity index (χ1v) is 9.66. The van der Waals surface area contributed by atoms with Crippen molar-refractivity contribution in [1.82, 2.24) is 34.7 Å². The minimum Gasteiger partial charge on any atom is -0.379 e. The Hall–Kier alpha value is -4.11. The number of aromatic amines is 1. The molecule has 0 bridgehead atoms. The SMILES string of the molecule is Cn1cc(-c2cnc3[nH]cc(-c4cc([C@](C)(O)c5cccnc5)nc(N)n4)c3c2)cn1. The van der Waals surface area contributed by atoms with Gasteiger partial charge in [0.05, 0.1) is 17.6 Å². The van der Waals surface area contributed by atoms with E-state index in [1.54, 1.807) is 54.6 Å². The van der Waals surface area contributed by atoms with E-state index in [1.165, 1.54) is 0 Å². The summed E-state index contributed by atoms with van der Waals surface area (Å²) in [5.74, 6) is 0.0717. The predicted molar refractivity (Wildman–Crippen MR) is 117 cm³/mol. The van der Waals surface area contributed by atoms with Crippen LogP contribution in [-0.2, 0) is 12.6 Å². The van der Waals surface area contributed by atoms with Crippen molar-refractivity contribution >= 4 is 17.0 Å². The molecule has 0 saturated carbocycles. The van der Waals surface area contributed by atoms with Crippen molar-refractivity contribution in [3.05, 3.63) is 72.7 Å². The summed E-state index contributed by atoms with van der Waals surface area (Å²) in [4.78, 5) is 20.5. The summed E-state index contributed by atoms with van der Waals surface area (Å²) in [5, 5.41) is 16.3. The smallest absolute Gasteiger partial charge is 0.220 e. The Kier molecular flexibility index (Phi) is 4.26. The topological polar surface area (TPSA) is 131 Å².